The van der Waals surface area contributed by atoms with Crippen molar-refractivity contribution in [1.82, 2.24) is 14.7 Å². The summed E-state index contributed by atoms with van der Waals surface area (Å²) in [5.41, 5.74) is 1.51. The Morgan fingerprint density at radius 1 is 1.59 bits per heavy atom. The summed E-state index contributed by atoms with van der Waals surface area (Å²) < 4.78 is 1.71. The largest absolute Gasteiger partial charge is 0.392 e. The van der Waals surface area contributed by atoms with Crippen LogP contribution in [0.1, 0.15) is 37.0 Å². The fraction of sp³-hybridized carbons (Fsp3) is 0.667. The van der Waals surface area contributed by atoms with Crippen molar-refractivity contribution < 1.29 is 9.90 Å². The first kappa shape index (κ1) is 13.7. The molecular weight excluding hydrogens is 218 g/mol. The maximum absolute atomic E-state index is 12.1. The van der Waals surface area contributed by atoms with Crippen molar-refractivity contribution in [3.63, 3.8) is 0 Å². The van der Waals surface area contributed by atoms with Crippen molar-refractivity contribution in [2.45, 2.75) is 39.8 Å². The quantitative estimate of drug-likeness (QED) is 0.831. The van der Waals surface area contributed by atoms with Gasteiger partial charge in [0.25, 0.3) is 5.91 Å². The SMILES string of the molecule is CCc1cc(C(=O)N(C)CC(C)O)n(CC)n1. The van der Waals surface area contributed by atoms with E-state index in [1.807, 2.05) is 19.9 Å². The number of likely N-dealkylation sites (N-methyl/N-ethyl adjacent to an activating group) is 1. The van der Waals surface area contributed by atoms with Gasteiger partial charge in [-0.25, -0.2) is 0 Å². The van der Waals surface area contributed by atoms with Crippen LogP contribution in [0.15, 0.2) is 6.07 Å². The van der Waals surface area contributed by atoms with Gasteiger partial charge in [-0.3, -0.25) is 9.48 Å². The van der Waals surface area contributed by atoms with Crippen LogP contribution in [0.3, 0.4) is 0 Å². The number of rotatable bonds is 5. The van der Waals surface area contributed by atoms with E-state index in [4.69, 9.17) is 0 Å². The standard InChI is InChI=1S/C12H21N3O2/c1-5-10-7-11(15(6-2)13-10)12(17)14(4)8-9(3)16/h7,9,16H,5-6,8H2,1-4H3. The van der Waals surface area contributed by atoms with E-state index in [-0.39, 0.29) is 5.91 Å². The van der Waals surface area contributed by atoms with Crippen LogP contribution in [0.4, 0.5) is 0 Å². The van der Waals surface area contributed by atoms with E-state index in [1.54, 1.807) is 18.7 Å². The monoisotopic (exact) mass is 239 g/mol. The molecule has 1 amide bonds. The van der Waals surface area contributed by atoms with Crippen LogP contribution in [0, 0.1) is 0 Å². The van der Waals surface area contributed by atoms with E-state index in [0.717, 1.165) is 12.1 Å². The van der Waals surface area contributed by atoms with Gasteiger partial charge in [-0.15, -0.1) is 0 Å². The minimum atomic E-state index is -0.521. The molecule has 0 saturated heterocycles. The van der Waals surface area contributed by atoms with Crippen molar-refractivity contribution in [2.24, 2.45) is 0 Å². The van der Waals surface area contributed by atoms with Crippen molar-refractivity contribution in [2.75, 3.05) is 13.6 Å². The lowest BCUT2D eigenvalue weighted by molar-refractivity contribution is 0.0692. The summed E-state index contributed by atoms with van der Waals surface area (Å²) >= 11 is 0. The van der Waals surface area contributed by atoms with Crippen molar-refractivity contribution in [3.8, 4) is 0 Å². The molecule has 0 aliphatic carbocycles. The molecule has 0 spiro atoms. The average molecular weight is 239 g/mol. The van der Waals surface area contributed by atoms with Gasteiger partial charge in [0, 0.05) is 20.1 Å². The summed E-state index contributed by atoms with van der Waals surface area (Å²) in [6, 6.07) is 1.82. The van der Waals surface area contributed by atoms with Crippen LogP contribution in [0.5, 0.6) is 0 Å². The molecule has 0 aliphatic rings. The van der Waals surface area contributed by atoms with Gasteiger partial charge in [-0.1, -0.05) is 6.92 Å². The number of amides is 1. The van der Waals surface area contributed by atoms with E-state index >= 15 is 0 Å². The predicted octanol–water partition coefficient (Wildman–Crippen LogP) is 0.918. The fourth-order valence-corrected chi connectivity index (χ4v) is 1.73. The molecule has 0 bridgehead atoms. The van der Waals surface area contributed by atoms with Crippen molar-refractivity contribution in [3.05, 3.63) is 17.5 Å². The number of aryl methyl sites for hydroxylation is 2. The third kappa shape index (κ3) is 3.30. The predicted molar refractivity (Wildman–Crippen MR) is 65.9 cm³/mol. The molecule has 0 aliphatic heterocycles. The lowest BCUT2D eigenvalue weighted by atomic mass is 10.2. The lowest BCUT2D eigenvalue weighted by Gasteiger charge is -2.18. The van der Waals surface area contributed by atoms with Gasteiger partial charge in [0.05, 0.1) is 11.8 Å². The van der Waals surface area contributed by atoms with Gasteiger partial charge in [-0.2, -0.15) is 5.10 Å². The molecule has 17 heavy (non-hydrogen) atoms. The summed E-state index contributed by atoms with van der Waals surface area (Å²) in [5.74, 6) is -0.0973. The zero-order chi connectivity index (χ0) is 13.0. The Balaban J connectivity index is 2.90. The number of nitrogens with zero attached hydrogens (tertiary/aromatic N) is 3. The summed E-state index contributed by atoms with van der Waals surface area (Å²) in [6.07, 6.45) is 0.292. The molecule has 0 radical (unpaired) electrons. The summed E-state index contributed by atoms with van der Waals surface area (Å²) in [4.78, 5) is 13.7. The number of hydrogen-bond acceptors (Lipinski definition) is 3. The minimum Gasteiger partial charge on any atom is -0.392 e. The van der Waals surface area contributed by atoms with E-state index < -0.39 is 6.10 Å². The highest BCUT2D eigenvalue weighted by Crippen LogP contribution is 2.08. The number of carbonyl (C=O) groups is 1. The summed E-state index contributed by atoms with van der Waals surface area (Å²) in [5, 5.41) is 13.6. The summed E-state index contributed by atoms with van der Waals surface area (Å²) in [6.45, 7) is 6.63. The Kier molecular flexibility index (Phi) is 4.69. The minimum absolute atomic E-state index is 0.0973. The van der Waals surface area contributed by atoms with Gasteiger partial charge in [0.2, 0.25) is 0 Å². The fourth-order valence-electron chi connectivity index (χ4n) is 1.73. The molecular formula is C12H21N3O2. The van der Waals surface area contributed by atoms with Crippen LogP contribution in [-0.2, 0) is 13.0 Å². The molecule has 1 unspecified atom stereocenters. The number of aliphatic hydroxyl groups excluding tert-OH is 1. The number of carbonyl (C=O) groups excluding carboxylic acids is 1. The third-order valence-electron chi connectivity index (χ3n) is 2.60. The van der Waals surface area contributed by atoms with Gasteiger partial charge < -0.3 is 10.0 Å². The first-order valence-corrected chi connectivity index (χ1v) is 5.99. The maximum atomic E-state index is 12.1. The van der Waals surface area contributed by atoms with Crippen molar-refractivity contribution in [1.29, 1.82) is 0 Å². The molecule has 5 heteroatoms. The Hall–Kier alpha value is -1.36. The van der Waals surface area contributed by atoms with Crippen LogP contribution in [0.25, 0.3) is 0 Å². The van der Waals surface area contributed by atoms with Crippen molar-refractivity contribution >= 4 is 5.91 Å². The highest BCUT2D eigenvalue weighted by atomic mass is 16.3. The Labute approximate surface area is 102 Å². The zero-order valence-corrected chi connectivity index (χ0v) is 11.0. The first-order valence-electron chi connectivity index (χ1n) is 5.99. The third-order valence-corrected chi connectivity index (χ3v) is 2.60. The van der Waals surface area contributed by atoms with E-state index in [9.17, 15) is 9.90 Å². The normalized spacial score (nSPS) is 12.5. The molecule has 1 rings (SSSR count). The zero-order valence-electron chi connectivity index (χ0n) is 11.0. The molecule has 1 N–H and O–H groups in total. The molecule has 5 nitrogen and oxygen atoms in total. The second kappa shape index (κ2) is 5.82. The first-order chi connectivity index (χ1) is 7.99. The number of aromatic nitrogens is 2. The van der Waals surface area contributed by atoms with Crippen LogP contribution in [0.2, 0.25) is 0 Å². The highest BCUT2D eigenvalue weighted by molar-refractivity contribution is 5.92. The van der Waals surface area contributed by atoms with Gasteiger partial charge in [-0.05, 0) is 26.3 Å². The topological polar surface area (TPSA) is 58.4 Å². The van der Waals surface area contributed by atoms with Crippen LogP contribution < -0.4 is 0 Å². The van der Waals surface area contributed by atoms with Crippen LogP contribution in [-0.4, -0.2) is 45.4 Å². The van der Waals surface area contributed by atoms with Gasteiger partial charge in [0.15, 0.2) is 0 Å². The Morgan fingerprint density at radius 3 is 2.71 bits per heavy atom. The smallest absolute Gasteiger partial charge is 0.271 e. The average Bonchev–Trinajstić information content (AvgIpc) is 2.70. The molecule has 96 valence electrons. The Bertz CT molecular complexity index is 385. The second-order valence-electron chi connectivity index (χ2n) is 4.22. The molecule has 1 heterocycles. The Morgan fingerprint density at radius 2 is 2.24 bits per heavy atom. The van der Waals surface area contributed by atoms with E-state index in [0.29, 0.717) is 18.8 Å². The van der Waals surface area contributed by atoms with E-state index in [1.165, 1.54) is 4.90 Å². The lowest BCUT2D eigenvalue weighted by Crippen LogP contribution is -2.34. The molecule has 0 fully saturated rings. The highest BCUT2D eigenvalue weighted by Gasteiger charge is 2.18. The molecule has 1 aromatic heterocycles. The number of aliphatic hydroxyl groups is 1. The van der Waals surface area contributed by atoms with E-state index in [2.05, 4.69) is 5.10 Å². The van der Waals surface area contributed by atoms with Gasteiger partial charge >= 0.3 is 0 Å². The molecule has 1 aromatic rings. The summed E-state index contributed by atoms with van der Waals surface area (Å²) in [7, 11) is 1.69. The molecule has 0 aromatic carbocycles. The van der Waals surface area contributed by atoms with Gasteiger partial charge in [0.1, 0.15) is 5.69 Å². The molecule has 1 atom stereocenters. The second-order valence-corrected chi connectivity index (χ2v) is 4.22. The van der Waals surface area contributed by atoms with Crippen LogP contribution >= 0.6 is 0 Å². The maximum Gasteiger partial charge on any atom is 0.271 e. The molecule has 0 saturated carbocycles. The number of hydrogen-bond donors (Lipinski definition) is 1.